The summed E-state index contributed by atoms with van der Waals surface area (Å²) in [5, 5.41) is 0.998. The summed E-state index contributed by atoms with van der Waals surface area (Å²) >= 11 is 0. The highest BCUT2D eigenvalue weighted by Crippen LogP contribution is 2.14. The number of carbonyl (C=O) groups is 1. The van der Waals surface area contributed by atoms with E-state index in [-0.39, 0.29) is 5.78 Å². The Morgan fingerprint density at radius 3 is 3.06 bits per heavy atom. The number of ketones is 1. The Bertz CT molecular complexity index is 543. The van der Waals surface area contributed by atoms with Gasteiger partial charge in [0.1, 0.15) is 0 Å². The van der Waals surface area contributed by atoms with Crippen LogP contribution >= 0.6 is 0 Å². The van der Waals surface area contributed by atoms with Crippen LogP contribution in [0.3, 0.4) is 0 Å². The summed E-state index contributed by atoms with van der Waals surface area (Å²) < 4.78 is 0. The first kappa shape index (κ1) is 10.6. The number of allylic oxidation sites excluding steroid dienone is 2. The van der Waals surface area contributed by atoms with E-state index in [0.29, 0.717) is 5.56 Å². The molecule has 2 aromatic rings. The third-order valence-electron chi connectivity index (χ3n) is 2.39. The van der Waals surface area contributed by atoms with E-state index < -0.39 is 0 Å². The fourth-order valence-corrected chi connectivity index (χ4v) is 1.55. The number of benzene rings is 1. The second-order valence-corrected chi connectivity index (χ2v) is 3.59. The predicted octanol–water partition coefficient (Wildman–Crippen LogP) is 3.38. The monoisotopic (exact) mass is 211 g/mol. The Balaban J connectivity index is 2.39. The van der Waals surface area contributed by atoms with Gasteiger partial charge < -0.3 is 0 Å². The molecule has 16 heavy (non-hydrogen) atoms. The quantitative estimate of drug-likeness (QED) is 0.575. The Morgan fingerprint density at radius 1 is 1.38 bits per heavy atom. The largest absolute Gasteiger partial charge is 0.289 e. The molecule has 0 aliphatic heterocycles. The molecule has 2 nitrogen and oxygen atoms in total. The van der Waals surface area contributed by atoms with E-state index in [0.717, 1.165) is 17.3 Å². The summed E-state index contributed by atoms with van der Waals surface area (Å²) in [7, 11) is 0. The molecular weight excluding hydrogens is 198 g/mol. The molecule has 0 fully saturated rings. The van der Waals surface area contributed by atoms with E-state index in [2.05, 4.69) is 4.98 Å². The number of fused-ring (bicyclic) bond motifs is 1. The van der Waals surface area contributed by atoms with Gasteiger partial charge in [-0.1, -0.05) is 19.1 Å². The number of carbonyl (C=O) groups excluding carboxylic acids is 1. The summed E-state index contributed by atoms with van der Waals surface area (Å²) in [5.74, 6) is 0.0487. The molecule has 0 saturated heterocycles. The van der Waals surface area contributed by atoms with Gasteiger partial charge >= 0.3 is 0 Å². The standard InChI is InChI=1S/C14H13NO/c1-2-3-6-14(16)12-7-8-13-11(10-12)5-4-9-15-13/h3-10H,2H2,1H3/b6-3+. The zero-order chi connectivity index (χ0) is 11.4. The highest BCUT2D eigenvalue weighted by Gasteiger charge is 2.02. The van der Waals surface area contributed by atoms with E-state index >= 15 is 0 Å². The highest BCUT2D eigenvalue weighted by atomic mass is 16.1. The van der Waals surface area contributed by atoms with Gasteiger partial charge in [0, 0.05) is 17.1 Å². The average molecular weight is 211 g/mol. The molecule has 2 rings (SSSR count). The van der Waals surface area contributed by atoms with Gasteiger partial charge in [-0.15, -0.1) is 0 Å². The average Bonchev–Trinajstić information content (AvgIpc) is 2.35. The van der Waals surface area contributed by atoms with Crippen LogP contribution in [0, 0.1) is 0 Å². The number of pyridine rings is 1. The van der Waals surface area contributed by atoms with Crippen LogP contribution in [0.1, 0.15) is 23.7 Å². The molecule has 0 N–H and O–H groups in total. The van der Waals surface area contributed by atoms with Crippen LogP contribution in [-0.4, -0.2) is 10.8 Å². The zero-order valence-corrected chi connectivity index (χ0v) is 9.18. The Morgan fingerprint density at radius 2 is 2.25 bits per heavy atom. The van der Waals surface area contributed by atoms with Crippen molar-refractivity contribution in [3.8, 4) is 0 Å². The van der Waals surface area contributed by atoms with Crippen molar-refractivity contribution in [1.82, 2.24) is 4.98 Å². The second kappa shape index (κ2) is 4.71. The first-order chi connectivity index (χ1) is 7.81. The van der Waals surface area contributed by atoms with Crippen molar-refractivity contribution < 1.29 is 4.79 Å². The van der Waals surface area contributed by atoms with Crippen molar-refractivity contribution in [2.75, 3.05) is 0 Å². The topological polar surface area (TPSA) is 30.0 Å². The first-order valence-corrected chi connectivity index (χ1v) is 5.37. The Labute approximate surface area is 94.6 Å². The molecule has 0 aliphatic rings. The van der Waals surface area contributed by atoms with E-state index in [1.54, 1.807) is 12.3 Å². The maximum absolute atomic E-state index is 11.7. The summed E-state index contributed by atoms with van der Waals surface area (Å²) in [6.45, 7) is 2.01. The smallest absolute Gasteiger partial charge is 0.185 e. The third-order valence-corrected chi connectivity index (χ3v) is 2.39. The van der Waals surface area contributed by atoms with Gasteiger partial charge in [0.2, 0.25) is 0 Å². The molecular formula is C14H13NO. The zero-order valence-electron chi connectivity index (χ0n) is 9.18. The number of hydrogen-bond acceptors (Lipinski definition) is 2. The summed E-state index contributed by atoms with van der Waals surface area (Å²) in [5.41, 5.74) is 1.63. The van der Waals surface area contributed by atoms with Crippen LogP contribution in [0.15, 0.2) is 48.7 Å². The first-order valence-electron chi connectivity index (χ1n) is 5.37. The lowest BCUT2D eigenvalue weighted by Crippen LogP contribution is -1.94. The maximum Gasteiger partial charge on any atom is 0.185 e. The van der Waals surface area contributed by atoms with E-state index in [1.807, 2.05) is 43.3 Å². The lowest BCUT2D eigenvalue weighted by Gasteiger charge is -1.99. The maximum atomic E-state index is 11.7. The normalized spacial score (nSPS) is 11.1. The fraction of sp³-hybridized carbons (Fsp3) is 0.143. The van der Waals surface area contributed by atoms with Crippen LogP contribution < -0.4 is 0 Å². The summed E-state index contributed by atoms with van der Waals surface area (Å²) in [6, 6.07) is 9.41. The van der Waals surface area contributed by atoms with Gasteiger partial charge in [-0.3, -0.25) is 9.78 Å². The SMILES string of the molecule is CC/C=C/C(=O)c1ccc2ncccc2c1. The molecule has 0 unspecified atom stereocenters. The lowest BCUT2D eigenvalue weighted by molar-refractivity contribution is 0.104. The van der Waals surface area contributed by atoms with E-state index in [4.69, 9.17) is 0 Å². The van der Waals surface area contributed by atoms with Gasteiger partial charge in [-0.2, -0.15) is 0 Å². The van der Waals surface area contributed by atoms with Crippen LogP contribution in [0.25, 0.3) is 10.9 Å². The van der Waals surface area contributed by atoms with Gasteiger partial charge in [-0.05, 0) is 36.8 Å². The molecule has 0 saturated carbocycles. The molecule has 0 bridgehead atoms. The lowest BCUT2D eigenvalue weighted by atomic mass is 10.1. The summed E-state index contributed by atoms with van der Waals surface area (Å²) in [4.78, 5) is 16.0. The fourth-order valence-electron chi connectivity index (χ4n) is 1.55. The van der Waals surface area contributed by atoms with E-state index in [1.165, 1.54) is 0 Å². The van der Waals surface area contributed by atoms with Crippen LogP contribution in [0.5, 0.6) is 0 Å². The van der Waals surface area contributed by atoms with Crippen LogP contribution in [0.2, 0.25) is 0 Å². The molecule has 0 radical (unpaired) electrons. The Hall–Kier alpha value is -1.96. The van der Waals surface area contributed by atoms with E-state index in [9.17, 15) is 4.79 Å². The molecule has 0 aliphatic carbocycles. The van der Waals surface area contributed by atoms with Crippen LogP contribution in [0.4, 0.5) is 0 Å². The van der Waals surface area contributed by atoms with Gasteiger partial charge in [0.05, 0.1) is 5.52 Å². The highest BCUT2D eigenvalue weighted by molar-refractivity contribution is 6.06. The molecule has 0 amide bonds. The van der Waals surface area contributed by atoms with Gasteiger partial charge in [0.15, 0.2) is 5.78 Å². The second-order valence-electron chi connectivity index (χ2n) is 3.59. The molecule has 1 aromatic carbocycles. The molecule has 1 heterocycles. The number of rotatable bonds is 3. The van der Waals surface area contributed by atoms with Crippen molar-refractivity contribution >= 4 is 16.7 Å². The minimum atomic E-state index is 0.0487. The number of hydrogen-bond donors (Lipinski definition) is 0. The van der Waals surface area contributed by atoms with Crippen LogP contribution in [-0.2, 0) is 0 Å². The molecule has 2 heteroatoms. The van der Waals surface area contributed by atoms with Crippen molar-refractivity contribution in [3.63, 3.8) is 0 Å². The molecule has 0 atom stereocenters. The third kappa shape index (κ3) is 2.16. The van der Waals surface area contributed by atoms with Gasteiger partial charge in [-0.25, -0.2) is 0 Å². The molecule has 0 spiro atoms. The summed E-state index contributed by atoms with van der Waals surface area (Å²) in [6.07, 6.45) is 6.12. The molecule has 1 aromatic heterocycles. The van der Waals surface area contributed by atoms with Gasteiger partial charge in [0.25, 0.3) is 0 Å². The minimum Gasteiger partial charge on any atom is -0.289 e. The predicted molar refractivity (Wildman–Crippen MR) is 65.5 cm³/mol. The van der Waals surface area contributed by atoms with Crippen molar-refractivity contribution in [3.05, 3.63) is 54.2 Å². The molecule has 80 valence electrons. The van der Waals surface area contributed by atoms with Crippen molar-refractivity contribution in [1.29, 1.82) is 0 Å². The Kier molecular flexibility index (Phi) is 3.10. The number of aromatic nitrogens is 1. The minimum absolute atomic E-state index is 0.0487. The number of nitrogens with zero attached hydrogens (tertiary/aromatic N) is 1. The van der Waals surface area contributed by atoms with Crippen molar-refractivity contribution in [2.24, 2.45) is 0 Å². The van der Waals surface area contributed by atoms with Crippen molar-refractivity contribution in [2.45, 2.75) is 13.3 Å².